The molecule has 22 heavy (non-hydrogen) atoms. The van der Waals surface area contributed by atoms with E-state index in [2.05, 4.69) is 5.32 Å². The molecule has 0 fully saturated rings. The van der Waals surface area contributed by atoms with Crippen LogP contribution in [0.2, 0.25) is 0 Å². The number of nitro benzene ring substituents is 1. The summed E-state index contributed by atoms with van der Waals surface area (Å²) in [5.41, 5.74) is 1.66. The van der Waals surface area contributed by atoms with Crippen LogP contribution in [0, 0.1) is 10.1 Å². The fraction of sp³-hybridized carbons (Fsp3) is 0.188. The summed E-state index contributed by atoms with van der Waals surface area (Å²) in [5, 5.41) is 13.9. The number of non-ortho nitro benzene ring substituents is 1. The number of nitro groups is 1. The molecule has 0 spiro atoms. The van der Waals surface area contributed by atoms with Gasteiger partial charge in [-0.05, 0) is 17.7 Å². The van der Waals surface area contributed by atoms with Gasteiger partial charge in [-0.3, -0.25) is 14.9 Å². The Morgan fingerprint density at radius 1 is 1.18 bits per heavy atom. The SMILES string of the molecule is COC(=O)CC(Nc1ccc([N+](=O)[O-])cc1)c1ccccc1. The van der Waals surface area contributed by atoms with Gasteiger partial charge < -0.3 is 10.1 Å². The van der Waals surface area contributed by atoms with Gasteiger partial charge in [0.05, 0.1) is 24.5 Å². The molecule has 2 aromatic rings. The van der Waals surface area contributed by atoms with E-state index in [1.54, 1.807) is 12.1 Å². The van der Waals surface area contributed by atoms with Crippen molar-refractivity contribution in [3.05, 3.63) is 70.3 Å². The highest BCUT2D eigenvalue weighted by Crippen LogP contribution is 2.24. The fourth-order valence-electron chi connectivity index (χ4n) is 2.07. The number of anilines is 1. The summed E-state index contributed by atoms with van der Waals surface area (Å²) >= 11 is 0. The number of nitrogens with zero attached hydrogens (tertiary/aromatic N) is 1. The van der Waals surface area contributed by atoms with Gasteiger partial charge in [0.25, 0.3) is 5.69 Å². The van der Waals surface area contributed by atoms with Crippen molar-refractivity contribution in [1.82, 2.24) is 0 Å². The Morgan fingerprint density at radius 3 is 2.36 bits per heavy atom. The molecule has 1 unspecified atom stereocenters. The quantitative estimate of drug-likeness (QED) is 0.503. The molecule has 0 amide bonds. The number of carbonyl (C=O) groups excluding carboxylic acids is 1. The van der Waals surface area contributed by atoms with Gasteiger partial charge in [-0.15, -0.1) is 0 Å². The van der Waals surface area contributed by atoms with Crippen molar-refractivity contribution in [2.24, 2.45) is 0 Å². The number of rotatable bonds is 6. The van der Waals surface area contributed by atoms with Gasteiger partial charge in [0.15, 0.2) is 0 Å². The van der Waals surface area contributed by atoms with E-state index < -0.39 is 4.92 Å². The lowest BCUT2D eigenvalue weighted by Crippen LogP contribution is -2.16. The minimum absolute atomic E-state index is 0.0229. The van der Waals surface area contributed by atoms with Gasteiger partial charge in [0.1, 0.15) is 0 Å². The lowest BCUT2D eigenvalue weighted by atomic mass is 10.0. The number of hydrogen-bond donors (Lipinski definition) is 1. The zero-order chi connectivity index (χ0) is 15.9. The van der Waals surface area contributed by atoms with Gasteiger partial charge in [-0.2, -0.15) is 0 Å². The molecule has 114 valence electrons. The molecule has 0 heterocycles. The molecule has 2 rings (SSSR count). The zero-order valence-electron chi connectivity index (χ0n) is 12.1. The Bertz CT molecular complexity index is 641. The minimum Gasteiger partial charge on any atom is -0.469 e. The van der Waals surface area contributed by atoms with Crippen molar-refractivity contribution in [2.45, 2.75) is 12.5 Å². The topological polar surface area (TPSA) is 81.5 Å². The number of carbonyl (C=O) groups is 1. The van der Waals surface area contributed by atoms with Crippen LogP contribution in [0.5, 0.6) is 0 Å². The van der Waals surface area contributed by atoms with E-state index in [1.807, 2.05) is 30.3 Å². The maximum atomic E-state index is 11.6. The molecule has 1 atom stereocenters. The number of methoxy groups -OCH3 is 1. The average molecular weight is 300 g/mol. The molecule has 1 N–H and O–H groups in total. The first-order valence-corrected chi connectivity index (χ1v) is 6.73. The van der Waals surface area contributed by atoms with Crippen molar-refractivity contribution in [3.63, 3.8) is 0 Å². The predicted molar refractivity (Wildman–Crippen MR) is 82.5 cm³/mol. The smallest absolute Gasteiger partial charge is 0.307 e. The number of benzene rings is 2. The summed E-state index contributed by atoms with van der Waals surface area (Å²) in [6.45, 7) is 0. The third-order valence-electron chi connectivity index (χ3n) is 3.22. The first-order valence-electron chi connectivity index (χ1n) is 6.73. The second-order valence-electron chi connectivity index (χ2n) is 4.69. The fourth-order valence-corrected chi connectivity index (χ4v) is 2.07. The summed E-state index contributed by atoms with van der Waals surface area (Å²) in [6, 6.07) is 15.3. The van der Waals surface area contributed by atoms with Gasteiger partial charge in [-0.25, -0.2) is 0 Å². The Balaban J connectivity index is 2.18. The third kappa shape index (κ3) is 4.05. The molecular weight excluding hydrogens is 284 g/mol. The van der Waals surface area contributed by atoms with Crippen molar-refractivity contribution in [2.75, 3.05) is 12.4 Å². The first-order chi connectivity index (χ1) is 10.6. The molecule has 0 aliphatic carbocycles. The maximum absolute atomic E-state index is 11.6. The van der Waals surface area contributed by atoms with Crippen molar-refractivity contribution < 1.29 is 14.5 Å². The van der Waals surface area contributed by atoms with Crippen LogP contribution in [0.1, 0.15) is 18.0 Å². The standard InChI is InChI=1S/C16H16N2O4/c1-22-16(19)11-15(12-5-3-2-4-6-12)17-13-7-9-14(10-8-13)18(20)21/h2-10,15,17H,11H2,1H3. The second kappa shape index (κ2) is 7.21. The Morgan fingerprint density at radius 2 is 1.82 bits per heavy atom. The summed E-state index contributed by atoms with van der Waals surface area (Å²) < 4.78 is 4.72. The lowest BCUT2D eigenvalue weighted by Gasteiger charge is -2.19. The maximum Gasteiger partial charge on any atom is 0.307 e. The Labute approximate surface area is 127 Å². The van der Waals surface area contributed by atoms with Crippen LogP contribution in [-0.4, -0.2) is 18.0 Å². The predicted octanol–water partition coefficient (Wildman–Crippen LogP) is 3.31. The number of nitrogens with one attached hydrogen (secondary N) is 1. The molecule has 6 heteroatoms. The summed E-state index contributed by atoms with van der Waals surface area (Å²) in [4.78, 5) is 21.8. The highest BCUT2D eigenvalue weighted by atomic mass is 16.6. The molecule has 0 aromatic heterocycles. The van der Waals surface area contributed by atoms with Gasteiger partial charge >= 0.3 is 5.97 Å². The van der Waals surface area contributed by atoms with Gasteiger partial charge in [-0.1, -0.05) is 30.3 Å². The largest absolute Gasteiger partial charge is 0.469 e. The molecular formula is C16H16N2O4. The second-order valence-corrected chi connectivity index (χ2v) is 4.69. The number of ether oxygens (including phenoxy) is 1. The summed E-state index contributed by atoms with van der Waals surface area (Å²) in [5.74, 6) is -0.330. The highest BCUT2D eigenvalue weighted by molar-refractivity contribution is 5.71. The number of esters is 1. The van der Waals surface area contributed by atoms with Crippen LogP contribution in [0.15, 0.2) is 54.6 Å². The van der Waals surface area contributed by atoms with Crippen molar-refractivity contribution in [1.29, 1.82) is 0 Å². The highest BCUT2D eigenvalue weighted by Gasteiger charge is 2.16. The van der Waals surface area contributed by atoms with Crippen LogP contribution in [0.25, 0.3) is 0 Å². The van der Waals surface area contributed by atoms with Crippen LogP contribution in [0.3, 0.4) is 0 Å². The van der Waals surface area contributed by atoms with Crippen molar-refractivity contribution >= 4 is 17.3 Å². The van der Waals surface area contributed by atoms with E-state index in [4.69, 9.17) is 4.74 Å². The van der Waals surface area contributed by atoms with E-state index in [1.165, 1.54) is 19.2 Å². The van der Waals surface area contributed by atoms with Gasteiger partial charge in [0, 0.05) is 17.8 Å². The molecule has 0 radical (unpaired) electrons. The monoisotopic (exact) mass is 300 g/mol. The first kappa shape index (κ1) is 15.5. The Kier molecular flexibility index (Phi) is 5.08. The third-order valence-corrected chi connectivity index (χ3v) is 3.22. The van der Waals surface area contributed by atoms with Crippen LogP contribution < -0.4 is 5.32 Å². The van der Waals surface area contributed by atoms with E-state index in [0.29, 0.717) is 5.69 Å². The summed E-state index contributed by atoms with van der Waals surface area (Å²) in [6.07, 6.45) is 0.164. The molecule has 6 nitrogen and oxygen atoms in total. The zero-order valence-corrected chi connectivity index (χ0v) is 12.1. The summed E-state index contributed by atoms with van der Waals surface area (Å²) in [7, 11) is 1.34. The minimum atomic E-state index is -0.451. The van der Waals surface area contributed by atoms with E-state index >= 15 is 0 Å². The molecule has 2 aromatic carbocycles. The number of hydrogen-bond acceptors (Lipinski definition) is 5. The van der Waals surface area contributed by atoms with E-state index in [-0.39, 0.29) is 24.1 Å². The van der Waals surface area contributed by atoms with Crippen LogP contribution in [-0.2, 0) is 9.53 Å². The van der Waals surface area contributed by atoms with Crippen molar-refractivity contribution in [3.8, 4) is 0 Å². The Hall–Kier alpha value is -2.89. The average Bonchev–Trinajstić information content (AvgIpc) is 2.55. The molecule has 0 saturated carbocycles. The lowest BCUT2D eigenvalue weighted by molar-refractivity contribution is -0.384. The van der Waals surface area contributed by atoms with Crippen LogP contribution >= 0.6 is 0 Å². The molecule has 0 aliphatic rings. The van der Waals surface area contributed by atoms with E-state index in [0.717, 1.165) is 5.56 Å². The normalized spacial score (nSPS) is 11.5. The molecule has 0 saturated heterocycles. The van der Waals surface area contributed by atoms with Gasteiger partial charge in [0.2, 0.25) is 0 Å². The van der Waals surface area contributed by atoms with E-state index in [9.17, 15) is 14.9 Å². The molecule has 0 bridgehead atoms. The van der Waals surface area contributed by atoms with Crippen LogP contribution in [0.4, 0.5) is 11.4 Å². The molecule has 0 aliphatic heterocycles.